The van der Waals surface area contributed by atoms with Crippen LogP contribution in [-0.2, 0) is 11.3 Å². The van der Waals surface area contributed by atoms with Crippen LogP contribution in [0.15, 0.2) is 17.3 Å². The Balaban J connectivity index is 2.43. The van der Waals surface area contributed by atoms with Gasteiger partial charge in [0, 0.05) is 19.2 Å². The molecule has 0 aliphatic rings. The molecule has 0 saturated carbocycles. The molecule has 0 spiro atoms. The maximum Gasteiger partial charge on any atom is 0.313 e. The number of hydrogen-bond acceptors (Lipinski definition) is 4. The second kappa shape index (κ2) is 6.44. The lowest BCUT2D eigenvalue weighted by Gasteiger charge is -2.13. The average Bonchev–Trinajstić information content (AvgIpc) is 2.71. The van der Waals surface area contributed by atoms with Crippen LogP contribution in [0, 0.1) is 12.7 Å². The van der Waals surface area contributed by atoms with Crippen LogP contribution in [0.2, 0.25) is 0 Å². The smallest absolute Gasteiger partial charge is 0.313 e. The zero-order chi connectivity index (χ0) is 15.6. The van der Waals surface area contributed by atoms with E-state index in [9.17, 15) is 9.18 Å². The number of benzene rings is 1. The molecule has 0 bridgehead atoms. The van der Waals surface area contributed by atoms with E-state index >= 15 is 0 Å². The molecule has 21 heavy (non-hydrogen) atoms. The highest BCUT2D eigenvalue weighted by molar-refractivity contribution is 7.99. The number of fused-ring (bicyclic) bond motifs is 1. The predicted octanol–water partition coefficient (Wildman–Crippen LogP) is 2.22. The fourth-order valence-electron chi connectivity index (χ4n) is 1.98. The number of aromatic nitrogens is 2. The highest BCUT2D eigenvalue weighted by atomic mass is 32.2. The molecular formula is C14H18FN3O2S. The Kier molecular flexibility index (Phi) is 4.84. The van der Waals surface area contributed by atoms with Crippen molar-refractivity contribution in [3.05, 3.63) is 23.5 Å². The van der Waals surface area contributed by atoms with Crippen LogP contribution in [-0.4, -0.2) is 51.9 Å². The molecule has 1 aromatic heterocycles. The van der Waals surface area contributed by atoms with Crippen molar-refractivity contribution in [1.82, 2.24) is 14.5 Å². The molecule has 1 N–H and O–H groups in total. The van der Waals surface area contributed by atoms with Gasteiger partial charge in [-0.1, -0.05) is 11.8 Å². The van der Waals surface area contributed by atoms with Crippen molar-refractivity contribution in [2.75, 3.05) is 26.4 Å². The van der Waals surface area contributed by atoms with E-state index < -0.39 is 5.97 Å². The lowest BCUT2D eigenvalue weighted by molar-refractivity contribution is -0.133. The summed E-state index contributed by atoms with van der Waals surface area (Å²) in [6, 6.07) is 3.17. The van der Waals surface area contributed by atoms with Gasteiger partial charge in [0.1, 0.15) is 5.82 Å². The number of likely N-dealkylation sites (N-methyl/N-ethyl adjacent to an activating group) is 1. The van der Waals surface area contributed by atoms with Crippen molar-refractivity contribution in [3.8, 4) is 0 Å². The average molecular weight is 311 g/mol. The van der Waals surface area contributed by atoms with Gasteiger partial charge >= 0.3 is 5.97 Å². The minimum absolute atomic E-state index is 0.0627. The van der Waals surface area contributed by atoms with Crippen LogP contribution in [0.5, 0.6) is 0 Å². The molecule has 5 nitrogen and oxygen atoms in total. The summed E-state index contributed by atoms with van der Waals surface area (Å²) in [5.74, 6) is -1.25. The third-order valence-corrected chi connectivity index (χ3v) is 4.05. The molecule has 0 unspecified atom stereocenters. The molecule has 114 valence electrons. The number of aliphatic carboxylic acids is 1. The van der Waals surface area contributed by atoms with Crippen LogP contribution in [0.1, 0.15) is 5.56 Å². The van der Waals surface area contributed by atoms with Gasteiger partial charge in [-0.15, -0.1) is 0 Å². The van der Waals surface area contributed by atoms with Gasteiger partial charge in [-0.3, -0.25) is 4.79 Å². The minimum Gasteiger partial charge on any atom is -0.481 e. The highest BCUT2D eigenvalue weighted by Gasteiger charge is 2.14. The number of hydrogen-bond donors (Lipinski definition) is 1. The molecule has 0 saturated heterocycles. The summed E-state index contributed by atoms with van der Waals surface area (Å²) < 4.78 is 15.6. The van der Waals surface area contributed by atoms with Gasteiger partial charge in [-0.2, -0.15) is 0 Å². The van der Waals surface area contributed by atoms with Crippen molar-refractivity contribution in [2.45, 2.75) is 18.6 Å². The van der Waals surface area contributed by atoms with E-state index in [-0.39, 0.29) is 11.6 Å². The molecule has 1 heterocycles. The second-order valence-corrected chi connectivity index (χ2v) is 6.06. The Morgan fingerprint density at radius 1 is 1.48 bits per heavy atom. The number of carboxylic acid groups (broad SMARTS) is 1. The SMILES string of the molecule is Cc1cc2c(cc1F)nc(SCC(=O)O)n2CCN(C)C. The fraction of sp³-hybridized carbons (Fsp3) is 0.429. The predicted molar refractivity (Wildman–Crippen MR) is 81.3 cm³/mol. The minimum atomic E-state index is -0.895. The quantitative estimate of drug-likeness (QED) is 0.829. The molecule has 0 atom stereocenters. The van der Waals surface area contributed by atoms with E-state index in [0.29, 0.717) is 22.8 Å². The Morgan fingerprint density at radius 3 is 2.81 bits per heavy atom. The molecule has 0 radical (unpaired) electrons. The van der Waals surface area contributed by atoms with E-state index in [1.54, 1.807) is 13.0 Å². The molecule has 0 amide bonds. The first-order chi connectivity index (χ1) is 9.88. The Labute approximate surface area is 126 Å². The van der Waals surface area contributed by atoms with Gasteiger partial charge in [0.15, 0.2) is 5.16 Å². The number of aryl methyl sites for hydroxylation is 1. The van der Waals surface area contributed by atoms with E-state index in [1.807, 2.05) is 23.6 Å². The van der Waals surface area contributed by atoms with Crippen LogP contribution in [0.25, 0.3) is 11.0 Å². The van der Waals surface area contributed by atoms with E-state index in [1.165, 1.54) is 6.07 Å². The molecule has 7 heteroatoms. The number of thioether (sulfide) groups is 1. The Bertz CT molecular complexity index is 670. The third kappa shape index (κ3) is 3.74. The number of imidazole rings is 1. The molecule has 2 rings (SSSR count). The molecule has 0 aliphatic carbocycles. The summed E-state index contributed by atoms with van der Waals surface area (Å²) in [7, 11) is 3.93. The van der Waals surface area contributed by atoms with Crippen molar-refractivity contribution in [1.29, 1.82) is 0 Å². The van der Waals surface area contributed by atoms with E-state index in [4.69, 9.17) is 5.11 Å². The third-order valence-electron chi connectivity index (χ3n) is 3.09. The lowest BCUT2D eigenvalue weighted by Crippen LogP contribution is -2.19. The molecular weight excluding hydrogens is 293 g/mol. The van der Waals surface area contributed by atoms with Crippen LogP contribution in [0.3, 0.4) is 0 Å². The van der Waals surface area contributed by atoms with Crippen molar-refractivity contribution in [2.24, 2.45) is 0 Å². The number of rotatable bonds is 6. The fourth-order valence-corrected chi connectivity index (χ4v) is 2.74. The summed E-state index contributed by atoms with van der Waals surface area (Å²) in [5.41, 5.74) is 1.96. The summed E-state index contributed by atoms with van der Waals surface area (Å²) in [6.07, 6.45) is 0. The largest absolute Gasteiger partial charge is 0.481 e. The first kappa shape index (κ1) is 15.8. The lowest BCUT2D eigenvalue weighted by atomic mass is 10.2. The Morgan fingerprint density at radius 2 is 2.19 bits per heavy atom. The zero-order valence-corrected chi connectivity index (χ0v) is 13.1. The molecule has 0 fully saturated rings. The summed E-state index contributed by atoms with van der Waals surface area (Å²) in [4.78, 5) is 17.2. The first-order valence-corrected chi connectivity index (χ1v) is 7.52. The first-order valence-electron chi connectivity index (χ1n) is 6.54. The van der Waals surface area contributed by atoms with Crippen LogP contribution in [0.4, 0.5) is 4.39 Å². The van der Waals surface area contributed by atoms with Gasteiger partial charge < -0.3 is 14.6 Å². The number of carboxylic acids is 1. The number of nitrogens with zero attached hydrogens (tertiary/aromatic N) is 3. The summed E-state index contributed by atoms with van der Waals surface area (Å²) in [5, 5.41) is 9.43. The topological polar surface area (TPSA) is 58.4 Å². The molecule has 0 aliphatic heterocycles. The number of halogens is 1. The highest BCUT2D eigenvalue weighted by Crippen LogP contribution is 2.26. The van der Waals surface area contributed by atoms with Gasteiger partial charge in [0.25, 0.3) is 0 Å². The second-order valence-electron chi connectivity index (χ2n) is 5.12. The van der Waals surface area contributed by atoms with Crippen LogP contribution >= 0.6 is 11.8 Å². The normalized spacial score (nSPS) is 11.5. The van der Waals surface area contributed by atoms with E-state index in [2.05, 4.69) is 4.98 Å². The monoisotopic (exact) mass is 311 g/mol. The maximum atomic E-state index is 13.7. The van der Waals surface area contributed by atoms with E-state index in [0.717, 1.165) is 23.8 Å². The van der Waals surface area contributed by atoms with Crippen molar-refractivity contribution in [3.63, 3.8) is 0 Å². The summed E-state index contributed by atoms with van der Waals surface area (Å²) >= 11 is 1.16. The molecule has 1 aromatic carbocycles. The van der Waals surface area contributed by atoms with Gasteiger partial charge in [-0.25, -0.2) is 9.37 Å². The van der Waals surface area contributed by atoms with Gasteiger partial charge in [0.2, 0.25) is 0 Å². The van der Waals surface area contributed by atoms with Crippen molar-refractivity contribution >= 4 is 28.8 Å². The maximum absolute atomic E-state index is 13.7. The zero-order valence-electron chi connectivity index (χ0n) is 12.3. The van der Waals surface area contributed by atoms with Crippen LogP contribution < -0.4 is 0 Å². The van der Waals surface area contributed by atoms with Gasteiger partial charge in [0.05, 0.1) is 16.8 Å². The number of carbonyl (C=O) groups is 1. The summed E-state index contributed by atoms with van der Waals surface area (Å²) in [6.45, 7) is 3.18. The standard InChI is InChI=1S/C14H18FN3O2S/c1-9-6-12-11(7-10(9)15)16-14(21-8-13(19)20)18(12)5-4-17(2)3/h6-7H,4-5,8H2,1-3H3,(H,19,20). The van der Waals surface area contributed by atoms with Gasteiger partial charge in [-0.05, 0) is 32.6 Å². The van der Waals surface area contributed by atoms with Crippen molar-refractivity contribution < 1.29 is 14.3 Å². The Hall–Kier alpha value is -1.60. The molecule has 2 aromatic rings.